The third-order valence-corrected chi connectivity index (χ3v) is 3.84. The lowest BCUT2D eigenvalue weighted by atomic mass is 10.0. The van der Waals surface area contributed by atoms with Crippen molar-refractivity contribution < 1.29 is 10.2 Å². The topological polar surface area (TPSA) is 40.5 Å². The highest BCUT2D eigenvalue weighted by Crippen LogP contribution is 2.27. The van der Waals surface area contributed by atoms with E-state index in [2.05, 4.69) is 43.6 Å². The van der Waals surface area contributed by atoms with Crippen LogP contribution in [-0.2, 0) is 0 Å². The van der Waals surface area contributed by atoms with Crippen molar-refractivity contribution in [3.05, 3.63) is 58.1 Å². The lowest BCUT2D eigenvalue weighted by molar-refractivity contribution is 0.470. The Morgan fingerprint density at radius 2 is 1.38 bits per heavy atom. The molecule has 0 saturated carbocycles. The molecule has 2 aromatic carbocycles. The minimum Gasteiger partial charge on any atom is -0.508 e. The molecular weight excluding hydrogens is 328 g/mol. The quantitative estimate of drug-likeness (QED) is 0.718. The number of aromatic hydroxyl groups is 2. The van der Waals surface area contributed by atoms with Crippen LogP contribution in [0.25, 0.3) is 0 Å². The van der Waals surface area contributed by atoms with E-state index in [0.717, 1.165) is 10.0 Å². The Morgan fingerprint density at radius 1 is 0.810 bits per heavy atom. The Morgan fingerprint density at radius 3 is 1.81 bits per heavy atom. The first-order valence-electron chi connectivity index (χ1n) is 7.08. The summed E-state index contributed by atoms with van der Waals surface area (Å²) < 4.78 is 0.752. The molecule has 0 fully saturated rings. The van der Waals surface area contributed by atoms with Crippen molar-refractivity contribution in [3.63, 3.8) is 0 Å². The van der Waals surface area contributed by atoms with Crippen molar-refractivity contribution in [2.75, 3.05) is 0 Å². The maximum Gasteiger partial charge on any atom is 0.130 e. The Balaban J connectivity index is 0.000000211. The predicted octanol–water partition coefficient (Wildman–Crippen LogP) is 5.79. The van der Waals surface area contributed by atoms with Gasteiger partial charge in [0.15, 0.2) is 0 Å². The molecule has 0 aliphatic carbocycles. The van der Waals surface area contributed by atoms with Gasteiger partial charge in [0.1, 0.15) is 11.5 Å². The Bertz CT molecular complexity index is 577. The molecule has 0 unspecified atom stereocenters. The van der Waals surface area contributed by atoms with Gasteiger partial charge in [-0.25, -0.2) is 0 Å². The number of benzene rings is 2. The number of halogens is 1. The van der Waals surface area contributed by atoms with Crippen LogP contribution in [0, 0.1) is 0 Å². The van der Waals surface area contributed by atoms with Crippen molar-refractivity contribution in [1.82, 2.24) is 0 Å². The normalized spacial score (nSPS) is 10.4. The molecule has 2 aromatic rings. The van der Waals surface area contributed by atoms with Gasteiger partial charge in [0.2, 0.25) is 0 Å². The molecule has 2 rings (SSSR count). The first-order valence-corrected chi connectivity index (χ1v) is 7.88. The smallest absolute Gasteiger partial charge is 0.130 e. The van der Waals surface area contributed by atoms with Gasteiger partial charge in [-0.05, 0) is 63.2 Å². The predicted molar refractivity (Wildman–Crippen MR) is 92.1 cm³/mol. The zero-order valence-corrected chi connectivity index (χ0v) is 14.6. The van der Waals surface area contributed by atoms with Crippen LogP contribution < -0.4 is 0 Å². The molecule has 0 amide bonds. The van der Waals surface area contributed by atoms with Crippen molar-refractivity contribution in [2.24, 2.45) is 0 Å². The summed E-state index contributed by atoms with van der Waals surface area (Å²) in [4.78, 5) is 0. The molecule has 2 N–H and O–H groups in total. The first-order chi connectivity index (χ1) is 9.81. The van der Waals surface area contributed by atoms with Gasteiger partial charge in [-0.3, -0.25) is 0 Å². The molecule has 0 bridgehead atoms. The first kappa shape index (κ1) is 17.6. The van der Waals surface area contributed by atoms with Crippen LogP contribution in [0.4, 0.5) is 0 Å². The molecule has 0 spiro atoms. The molecule has 0 saturated heterocycles. The molecule has 0 aromatic heterocycles. The lowest BCUT2D eigenvalue weighted by Crippen LogP contribution is -1.85. The monoisotopic (exact) mass is 350 g/mol. The molecule has 0 aliphatic heterocycles. The summed E-state index contributed by atoms with van der Waals surface area (Å²) in [6.07, 6.45) is 0. The van der Waals surface area contributed by atoms with Crippen molar-refractivity contribution >= 4 is 15.9 Å². The van der Waals surface area contributed by atoms with Crippen LogP contribution in [0.3, 0.4) is 0 Å². The van der Waals surface area contributed by atoms with Gasteiger partial charge in [-0.1, -0.05) is 45.9 Å². The van der Waals surface area contributed by atoms with E-state index in [4.69, 9.17) is 5.11 Å². The molecule has 0 heterocycles. The lowest BCUT2D eigenvalue weighted by Gasteiger charge is -2.05. The van der Waals surface area contributed by atoms with Gasteiger partial charge in [0.25, 0.3) is 0 Å². The average molecular weight is 351 g/mol. The van der Waals surface area contributed by atoms with Crippen molar-refractivity contribution in [3.8, 4) is 11.5 Å². The van der Waals surface area contributed by atoms with Gasteiger partial charge in [-0.2, -0.15) is 0 Å². The van der Waals surface area contributed by atoms with Crippen LogP contribution in [0.5, 0.6) is 11.5 Å². The van der Waals surface area contributed by atoms with Gasteiger partial charge in [0.05, 0.1) is 4.47 Å². The van der Waals surface area contributed by atoms with E-state index in [1.165, 1.54) is 5.56 Å². The fourth-order valence-electron chi connectivity index (χ4n) is 1.77. The summed E-state index contributed by atoms with van der Waals surface area (Å²) in [5.41, 5.74) is 2.34. The highest BCUT2D eigenvalue weighted by molar-refractivity contribution is 9.10. The standard InChI is InChI=1S/C9H11BrO.C9H12O/c1-6(2)7-3-4-8(10)9(11)5-7;1-7(2)8-4-3-5-9(10)6-8/h3-6,11H,1-2H3;3-7,10H,1-2H3. The highest BCUT2D eigenvalue weighted by atomic mass is 79.9. The summed E-state index contributed by atoms with van der Waals surface area (Å²) in [7, 11) is 0. The van der Waals surface area contributed by atoms with E-state index in [1.807, 2.05) is 24.3 Å². The Labute approximate surface area is 135 Å². The molecule has 0 atom stereocenters. The molecule has 114 valence electrons. The van der Waals surface area contributed by atoms with Crippen LogP contribution in [0.1, 0.15) is 50.7 Å². The Hall–Kier alpha value is -1.48. The van der Waals surface area contributed by atoms with Gasteiger partial charge >= 0.3 is 0 Å². The SMILES string of the molecule is CC(C)c1ccc(Br)c(O)c1.CC(C)c1cccc(O)c1. The molecular formula is C18H23BrO2. The van der Waals surface area contributed by atoms with Crippen LogP contribution in [0.15, 0.2) is 46.9 Å². The van der Waals surface area contributed by atoms with E-state index < -0.39 is 0 Å². The summed E-state index contributed by atoms with van der Waals surface area (Å²) >= 11 is 3.23. The third-order valence-electron chi connectivity index (χ3n) is 3.17. The summed E-state index contributed by atoms with van der Waals surface area (Å²) in [5, 5.41) is 18.4. The van der Waals surface area contributed by atoms with E-state index >= 15 is 0 Å². The summed E-state index contributed by atoms with van der Waals surface area (Å²) in [6, 6.07) is 13.0. The van der Waals surface area contributed by atoms with Crippen LogP contribution in [-0.4, -0.2) is 10.2 Å². The highest BCUT2D eigenvalue weighted by Gasteiger charge is 2.02. The molecule has 2 nitrogen and oxygen atoms in total. The van der Waals surface area contributed by atoms with E-state index in [0.29, 0.717) is 23.3 Å². The van der Waals surface area contributed by atoms with Crippen molar-refractivity contribution in [2.45, 2.75) is 39.5 Å². The zero-order valence-electron chi connectivity index (χ0n) is 13.0. The van der Waals surface area contributed by atoms with E-state index in [9.17, 15) is 5.11 Å². The van der Waals surface area contributed by atoms with Crippen molar-refractivity contribution in [1.29, 1.82) is 0 Å². The third kappa shape index (κ3) is 5.80. The summed E-state index contributed by atoms with van der Waals surface area (Å²) in [5.74, 6) is 1.63. The van der Waals surface area contributed by atoms with Gasteiger partial charge in [-0.15, -0.1) is 0 Å². The maximum atomic E-state index is 9.30. The molecule has 21 heavy (non-hydrogen) atoms. The number of hydrogen-bond donors (Lipinski definition) is 2. The largest absolute Gasteiger partial charge is 0.508 e. The fraction of sp³-hybridized carbons (Fsp3) is 0.333. The van der Waals surface area contributed by atoms with E-state index in [-0.39, 0.29) is 0 Å². The number of phenolic OH excluding ortho intramolecular Hbond substituents is 2. The maximum absolute atomic E-state index is 9.30. The van der Waals surface area contributed by atoms with Crippen LogP contribution in [0.2, 0.25) is 0 Å². The van der Waals surface area contributed by atoms with Gasteiger partial charge < -0.3 is 10.2 Å². The molecule has 0 radical (unpaired) electrons. The van der Waals surface area contributed by atoms with Gasteiger partial charge in [0, 0.05) is 0 Å². The minimum atomic E-state index is 0.316. The fourth-order valence-corrected chi connectivity index (χ4v) is 2.02. The van der Waals surface area contributed by atoms with Crippen LogP contribution >= 0.6 is 15.9 Å². The summed E-state index contributed by atoms with van der Waals surface area (Å²) in [6.45, 7) is 8.41. The second-order valence-electron chi connectivity index (χ2n) is 5.62. The Kier molecular flexibility index (Phi) is 6.76. The van der Waals surface area contributed by atoms with E-state index in [1.54, 1.807) is 18.2 Å². The number of phenols is 2. The number of hydrogen-bond acceptors (Lipinski definition) is 2. The second kappa shape index (κ2) is 8.08. The average Bonchev–Trinajstić information content (AvgIpc) is 2.42. The minimum absolute atomic E-state index is 0.316. The second-order valence-corrected chi connectivity index (χ2v) is 6.47. The molecule has 3 heteroatoms. The zero-order chi connectivity index (χ0) is 16.0. The molecule has 0 aliphatic rings. The number of rotatable bonds is 2.